The van der Waals surface area contributed by atoms with Gasteiger partial charge in [-0.2, -0.15) is 4.31 Å². The van der Waals surface area contributed by atoms with Crippen LogP contribution in [0.2, 0.25) is 0 Å². The van der Waals surface area contributed by atoms with Crippen molar-refractivity contribution in [3.05, 3.63) is 30.1 Å². The van der Waals surface area contributed by atoms with Gasteiger partial charge in [-0.25, -0.2) is 12.8 Å². The monoisotopic (exact) mass is 332 g/mol. The number of hydrogen-bond donors (Lipinski definition) is 0. The second-order valence-electron chi connectivity index (χ2n) is 4.66. The summed E-state index contributed by atoms with van der Waals surface area (Å²) in [5.74, 6) is -1.84. The first kappa shape index (κ1) is 18.1. The summed E-state index contributed by atoms with van der Waals surface area (Å²) in [6.45, 7) is -1.02. The number of carbonyl (C=O) groups is 2. The molecule has 0 fully saturated rings. The lowest BCUT2D eigenvalue weighted by molar-refractivity contribution is -0.151. The predicted molar refractivity (Wildman–Crippen MR) is 75.9 cm³/mol. The molecule has 0 aliphatic carbocycles. The van der Waals surface area contributed by atoms with Crippen molar-refractivity contribution < 1.29 is 27.1 Å². The van der Waals surface area contributed by atoms with E-state index in [1.165, 1.54) is 26.0 Å². The summed E-state index contributed by atoms with van der Waals surface area (Å²) in [6.07, 6.45) is 0. The summed E-state index contributed by atoms with van der Waals surface area (Å²) in [6, 6.07) is 4.22. The van der Waals surface area contributed by atoms with Crippen LogP contribution in [-0.4, -0.2) is 63.8 Å². The second-order valence-corrected chi connectivity index (χ2v) is 6.71. The maximum absolute atomic E-state index is 12.8. The molecule has 0 aliphatic heterocycles. The lowest BCUT2D eigenvalue weighted by atomic mass is 10.4. The molecule has 0 N–H and O–H groups in total. The summed E-state index contributed by atoms with van der Waals surface area (Å²) in [5.41, 5.74) is 0. The van der Waals surface area contributed by atoms with Gasteiger partial charge in [-0.15, -0.1) is 0 Å². The molecule has 22 heavy (non-hydrogen) atoms. The third-order valence-electron chi connectivity index (χ3n) is 2.73. The third-order valence-corrected chi connectivity index (χ3v) is 4.55. The highest BCUT2D eigenvalue weighted by Crippen LogP contribution is 2.14. The molecule has 0 saturated carbocycles. The van der Waals surface area contributed by atoms with Crippen LogP contribution in [0.1, 0.15) is 0 Å². The van der Waals surface area contributed by atoms with Crippen molar-refractivity contribution in [3.63, 3.8) is 0 Å². The number of esters is 1. The average molecular weight is 332 g/mol. The van der Waals surface area contributed by atoms with Crippen LogP contribution in [0.3, 0.4) is 0 Å². The van der Waals surface area contributed by atoms with Crippen LogP contribution in [0.25, 0.3) is 0 Å². The minimum absolute atomic E-state index is 0.145. The van der Waals surface area contributed by atoms with Gasteiger partial charge in [0.2, 0.25) is 10.0 Å². The highest BCUT2D eigenvalue weighted by Gasteiger charge is 2.24. The predicted octanol–water partition coefficient (Wildman–Crippen LogP) is 0.0776. The number of halogens is 1. The number of ether oxygens (including phenoxy) is 1. The van der Waals surface area contributed by atoms with Gasteiger partial charge in [-0.3, -0.25) is 9.59 Å². The van der Waals surface area contributed by atoms with Gasteiger partial charge in [0.25, 0.3) is 5.91 Å². The molecule has 1 aromatic carbocycles. The van der Waals surface area contributed by atoms with E-state index in [9.17, 15) is 22.4 Å². The van der Waals surface area contributed by atoms with Crippen LogP contribution in [-0.2, 0) is 24.3 Å². The van der Waals surface area contributed by atoms with Gasteiger partial charge in [0.05, 0.1) is 4.90 Å². The Balaban J connectivity index is 2.67. The number of sulfonamides is 1. The lowest BCUT2D eigenvalue weighted by Gasteiger charge is -2.17. The molecule has 1 rings (SSSR count). The molecular formula is C13H17FN2O5S. The number of hydrogen-bond acceptors (Lipinski definition) is 5. The Labute approximate surface area is 128 Å². The Hall–Kier alpha value is -2.00. The fourth-order valence-electron chi connectivity index (χ4n) is 1.37. The van der Waals surface area contributed by atoms with Crippen LogP contribution in [0.5, 0.6) is 0 Å². The van der Waals surface area contributed by atoms with Crippen molar-refractivity contribution in [1.29, 1.82) is 0 Å². The largest absolute Gasteiger partial charge is 0.455 e. The van der Waals surface area contributed by atoms with E-state index in [1.807, 2.05) is 0 Å². The van der Waals surface area contributed by atoms with Crippen molar-refractivity contribution in [2.75, 3.05) is 34.3 Å². The molecule has 0 heterocycles. The van der Waals surface area contributed by atoms with Crippen LogP contribution >= 0.6 is 0 Å². The molecule has 1 aromatic rings. The van der Waals surface area contributed by atoms with Gasteiger partial charge in [0, 0.05) is 21.1 Å². The molecule has 0 spiro atoms. The average Bonchev–Trinajstić information content (AvgIpc) is 2.44. The van der Waals surface area contributed by atoms with Crippen LogP contribution in [0.4, 0.5) is 4.39 Å². The van der Waals surface area contributed by atoms with Crippen molar-refractivity contribution in [1.82, 2.24) is 9.21 Å². The third kappa shape index (κ3) is 4.78. The molecule has 0 radical (unpaired) electrons. The van der Waals surface area contributed by atoms with E-state index in [2.05, 4.69) is 4.74 Å². The van der Waals surface area contributed by atoms with E-state index in [0.717, 1.165) is 28.6 Å². The van der Waals surface area contributed by atoms with E-state index in [4.69, 9.17) is 0 Å². The first-order chi connectivity index (χ1) is 10.1. The Morgan fingerprint density at radius 3 is 2.18 bits per heavy atom. The number of rotatable bonds is 6. The smallest absolute Gasteiger partial charge is 0.321 e. The molecule has 7 nitrogen and oxygen atoms in total. The fourth-order valence-corrected chi connectivity index (χ4v) is 2.49. The SMILES string of the molecule is CN(C)C(=O)COC(=O)CN(C)S(=O)(=O)c1ccc(F)cc1. The van der Waals surface area contributed by atoms with E-state index in [-0.39, 0.29) is 4.90 Å². The molecule has 1 amide bonds. The van der Waals surface area contributed by atoms with Crippen LogP contribution in [0, 0.1) is 5.82 Å². The molecular weight excluding hydrogens is 315 g/mol. The van der Waals surface area contributed by atoms with Crippen molar-refractivity contribution in [2.24, 2.45) is 0 Å². The van der Waals surface area contributed by atoms with E-state index in [0.29, 0.717) is 0 Å². The zero-order chi connectivity index (χ0) is 16.9. The summed E-state index contributed by atoms with van der Waals surface area (Å²) in [4.78, 5) is 23.9. The van der Waals surface area contributed by atoms with Crippen LogP contribution < -0.4 is 0 Å². The highest BCUT2D eigenvalue weighted by atomic mass is 32.2. The van der Waals surface area contributed by atoms with E-state index >= 15 is 0 Å². The van der Waals surface area contributed by atoms with Crippen molar-refractivity contribution >= 4 is 21.9 Å². The summed E-state index contributed by atoms with van der Waals surface area (Å²) >= 11 is 0. The Kier molecular flexibility index (Phi) is 6.01. The summed E-state index contributed by atoms with van der Waals surface area (Å²) < 4.78 is 42.6. The lowest BCUT2D eigenvalue weighted by Crippen LogP contribution is -2.35. The Morgan fingerprint density at radius 2 is 1.68 bits per heavy atom. The molecule has 0 unspecified atom stereocenters. The number of benzene rings is 1. The van der Waals surface area contributed by atoms with Gasteiger partial charge in [-0.05, 0) is 24.3 Å². The molecule has 9 heteroatoms. The molecule has 0 bridgehead atoms. The molecule has 0 aromatic heterocycles. The second kappa shape index (κ2) is 7.32. The maximum Gasteiger partial charge on any atom is 0.321 e. The van der Waals surface area contributed by atoms with Gasteiger partial charge in [0.1, 0.15) is 12.4 Å². The number of carbonyl (C=O) groups excluding carboxylic acids is 2. The van der Waals surface area contributed by atoms with Gasteiger partial charge in [0.15, 0.2) is 6.61 Å². The number of amides is 1. The number of likely N-dealkylation sites (N-methyl/N-ethyl adjacent to an activating group) is 2. The molecule has 0 atom stereocenters. The normalized spacial score (nSPS) is 11.3. The molecule has 122 valence electrons. The van der Waals surface area contributed by atoms with Gasteiger partial charge in [-0.1, -0.05) is 0 Å². The zero-order valence-electron chi connectivity index (χ0n) is 12.4. The summed E-state index contributed by atoms with van der Waals surface area (Å²) in [7, 11) is 0.256. The van der Waals surface area contributed by atoms with E-state index < -0.39 is 40.9 Å². The quantitative estimate of drug-likeness (QED) is 0.689. The standard InChI is InChI=1S/C13H17FN2O5S/c1-15(2)12(17)9-21-13(18)8-16(3)22(19,20)11-6-4-10(14)5-7-11/h4-7H,8-9H2,1-3H3. The van der Waals surface area contributed by atoms with Gasteiger partial charge < -0.3 is 9.64 Å². The van der Waals surface area contributed by atoms with Crippen molar-refractivity contribution in [3.8, 4) is 0 Å². The first-order valence-corrected chi connectivity index (χ1v) is 7.66. The topological polar surface area (TPSA) is 84.0 Å². The first-order valence-electron chi connectivity index (χ1n) is 6.22. The molecule has 0 saturated heterocycles. The molecule has 0 aliphatic rings. The number of nitrogens with zero attached hydrogens (tertiary/aromatic N) is 2. The maximum atomic E-state index is 12.8. The van der Waals surface area contributed by atoms with Crippen LogP contribution in [0.15, 0.2) is 29.2 Å². The Bertz CT molecular complexity index is 643. The minimum Gasteiger partial charge on any atom is -0.455 e. The van der Waals surface area contributed by atoms with Gasteiger partial charge >= 0.3 is 5.97 Å². The zero-order valence-corrected chi connectivity index (χ0v) is 13.3. The Morgan fingerprint density at radius 1 is 1.14 bits per heavy atom. The fraction of sp³-hybridized carbons (Fsp3) is 0.385. The minimum atomic E-state index is -3.94. The summed E-state index contributed by atoms with van der Waals surface area (Å²) in [5, 5.41) is 0. The van der Waals surface area contributed by atoms with E-state index in [1.54, 1.807) is 0 Å². The highest BCUT2D eigenvalue weighted by molar-refractivity contribution is 7.89. The van der Waals surface area contributed by atoms with Crippen molar-refractivity contribution in [2.45, 2.75) is 4.90 Å².